The van der Waals surface area contributed by atoms with Gasteiger partial charge >= 0.3 is 0 Å². The zero-order chi connectivity index (χ0) is 20.2. The van der Waals surface area contributed by atoms with Crippen molar-refractivity contribution in [2.24, 2.45) is 0 Å². The number of pyridine rings is 3. The highest BCUT2D eigenvalue weighted by Crippen LogP contribution is 2.24. The van der Waals surface area contributed by atoms with Crippen LogP contribution in [0.3, 0.4) is 0 Å². The Hall–Kier alpha value is -3.79. The summed E-state index contributed by atoms with van der Waals surface area (Å²) in [6, 6.07) is 9.15. The molecule has 0 aliphatic carbocycles. The minimum atomic E-state index is -0.473. The number of aromatic amines is 1. The summed E-state index contributed by atoms with van der Waals surface area (Å²) in [6.07, 6.45) is 6.80. The van der Waals surface area contributed by atoms with Crippen LogP contribution >= 0.6 is 0 Å². The predicted molar refractivity (Wildman–Crippen MR) is 108 cm³/mol. The zero-order valence-electron chi connectivity index (χ0n) is 15.8. The number of ether oxygens (including phenoxy) is 1. The van der Waals surface area contributed by atoms with Crippen molar-refractivity contribution in [1.82, 2.24) is 19.9 Å². The van der Waals surface area contributed by atoms with Gasteiger partial charge in [0.15, 0.2) is 0 Å². The number of aromatic nitrogens is 4. The van der Waals surface area contributed by atoms with E-state index in [9.17, 15) is 4.39 Å². The second-order valence-electron chi connectivity index (χ2n) is 6.65. The fraction of sp³-hybridized carbons (Fsp3) is 0.182. The SMILES string of the molecule is [C-]#[N+]c1cnc2[nH]cc(Cc3ccc(CCc4ccc(OC)nc4)nc3F)c2c1. The molecule has 7 heteroatoms. The highest BCUT2D eigenvalue weighted by atomic mass is 19.1. The molecule has 0 fully saturated rings. The molecule has 0 bridgehead atoms. The van der Waals surface area contributed by atoms with Crippen LogP contribution in [0.5, 0.6) is 5.88 Å². The van der Waals surface area contributed by atoms with Crippen LogP contribution in [0, 0.1) is 12.5 Å². The minimum Gasteiger partial charge on any atom is -0.481 e. The van der Waals surface area contributed by atoms with Gasteiger partial charge in [0.1, 0.15) is 5.65 Å². The molecule has 4 aromatic heterocycles. The van der Waals surface area contributed by atoms with Crippen molar-refractivity contribution in [2.45, 2.75) is 19.3 Å². The van der Waals surface area contributed by atoms with Crippen LogP contribution in [0.1, 0.15) is 22.4 Å². The number of methoxy groups -OCH3 is 1. The van der Waals surface area contributed by atoms with Crippen molar-refractivity contribution in [1.29, 1.82) is 0 Å². The monoisotopic (exact) mass is 387 g/mol. The fourth-order valence-electron chi connectivity index (χ4n) is 3.18. The van der Waals surface area contributed by atoms with Crippen LogP contribution in [0.2, 0.25) is 0 Å². The van der Waals surface area contributed by atoms with Crippen molar-refractivity contribution in [3.63, 3.8) is 0 Å². The Morgan fingerprint density at radius 2 is 2.00 bits per heavy atom. The molecule has 0 amide bonds. The molecule has 0 aromatic carbocycles. The van der Waals surface area contributed by atoms with Gasteiger partial charge in [0.05, 0.1) is 13.7 Å². The largest absolute Gasteiger partial charge is 0.481 e. The average molecular weight is 387 g/mol. The second-order valence-corrected chi connectivity index (χ2v) is 6.65. The van der Waals surface area contributed by atoms with Crippen LogP contribution in [0.4, 0.5) is 10.1 Å². The summed E-state index contributed by atoms with van der Waals surface area (Å²) in [4.78, 5) is 19.0. The maximum absolute atomic E-state index is 14.6. The van der Waals surface area contributed by atoms with Crippen molar-refractivity contribution in [3.05, 3.63) is 88.7 Å². The fourth-order valence-corrected chi connectivity index (χ4v) is 3.18. The molecule has 0 aliphatic rings. The van der Waals surface area contributed by atoms with Gasteiger partial charge in [0.25, 0.3) is 0 Å². The molecule has 144 valence electrons. The van der Waals surface area contributed by atoms with Gasteiger partial charge in [-0.25, -0.2) is 14.8 Å². The summed E-state index contributed by atoms with van der Waals surface area (Å²) in [5.41, 5.74) is 4.27. The molecule has 0 spiro atoms. The lowest BCUT2D eigenvalue weighted by atomic mass is 10.0. The Balaban J connectivity index is 1.48. The van der Waals surface area contributed by atoms with E-state index in [0.717, 1.165) is 22.9 Å². The summed E-state index contributed by atoms with van der Waals surface area (Å²) in [5.74, 6) is 0.0947. The summed E-state index contributed by atoms with van der Waals surface area (Å²) < 4.78 is 19.6. The Morgan fingerprint density at radius 3 is 2.72 bits per heavy atom. The number of fused-ring (bicyclic) bond motifs is 1. The Morgan fingerprint density at radius 1 is 1.10 bits per heavy atom. The molecule has 1 N–H and O–H groups in total. The van der Waals surface area contributed by atoms with E-state index in [4.69, 9.17) is 11.3 Å². The molecular formula is C22H18FN5O. The Labute approximate surface area is 167 Å². The molecule has 0 saturated carbocycles. The molecule has 0 atom stereocenters. The number of hydrogen-bond acceptors (Lipinski definition) is 4. The molecule has 0 aliphatic heterocycles. The van der Waals surface area contributed by atoms with Crippen LogP contribution in [0.15, 0.2) is 48.9 Å². The lowest BCUT2D eigenvalue weighted by molar-refractivity contribution is 0.397. The molecule has 0 unspecified atom stereocenters. The number of rotatable bonds is 6. The Kier molecular flexibility index (Phi) is 5.16. The normalized spacial score (nSPS) is 10.8. The predicted octanol–water partition coefficient (Wildman–Crippen LogP) is 4.43. The van der Waals surface area contributed by atoms with Gasteiger partial charge in [-0.2, -0.15) is 4.39 Å². The van der Waals surface area contributed by atoms with Crippen LogP contribution < -0.4 is 4.74 Å². The first-order valence-electron chi connectivity index (χ1n) is 9.13. The van der Waals surface area contributed by atoms with Crippen LogP contribution in [-0.4, -0.2) is 27.0 Å². The average Bonchev–Trinajstić information content (AvgIpc) is 3.16. The van der Waals surface area contributed by atoms with Crippen molar-refractivity contribution >= 4 is 16.7 Å². The number of nitrogens with zero attached hydrogens (tertiary/aromatic N) is 4. The minimum absolute atomic E-state index is 0.380. The van der Waals surface area contributed by atoms with Gasteiger partial charge in [-0.05, 0) is 36.1 Å². The van der Waals surface area contributed by atoms with E-state index in [1.807, 2.05) is 18.2 Å². The van der Waals surface area contributed by atoms with E-state index >= 15 is 0 Å². The first kappa shape index (κ1) is 18.6. The maximum Gasteiger partial charge on any atom is 0.216 e. The van der Waals surface area contributed by atoms with Gasteiger partial charge in [-0.15, -0.1) is 0 Å². The van der Waals surface area contributed by atoms with Crippen molar-refractivity contribution < 1.29 is 9.13 Å². The Bertz CT molecular complexity index is 1190. The van der Waals surface area contributed by atoms with Gasteiger partial charge in [-0.3, -0.25) is 4.98 Å². The van der Waals surface area contributed by atoms with Gasteiger partial charge < -0.3 is 9.72 Å². The molecule has 6 nitrogen and oxygen atoms in total. The molecular weight excluding hydrogens is 369 g/mol. The first-order chi connectivity index (χ1) is 14.2. The van der Waals surface area contributed by atoms with Gasteiger partial charge in [-0.1, -0.05) is 12.1 Å². The third kappa shape index (κ3) is 4.06. The molecule has 4 heterocycles. The van der Waals surface area contributed by atoms with E-state index in [0.29, 0.717) is 41.3 Å². The quantitative estimate of drug-likeness (QED) is 0.393. The highest BCUT2D eigenvalue weighted by molar-refractivity contribution is 5.83. The number of aryl methyl sites for hydroxylation is 2. The number of hydrogen-bond donors (Lipinski definition) is 1. The third-order valence-electron chi connectivity index (χ3n) is 4.77. The molecule has 4 rings (SSSR count). The molecule has 4 aromatic rings. The van der Waals surface area contributed by atoms with Crippen molar-refractivity contribution in [2.75, 3.05) is 7.11 Å². The second kappa shape index (κ2) is 8.07. The molecule has 29 heavy (non-hydrogen) atoms. The highest BCUT2D eigenvalue weighted by Gasteiger charge is 2.11. The summed E-state index contributed by atoms with van der Waals surface area (Å²) in [5, 5.41) is 0.828. The molecule has 0 saturated heterocycles. The van der Waals surface area contributed by atoms with E-state index in [2.05, 4.69) is 24.8 Å². The molecule has 0 radical (unpaired) electrons. The smallest absolute Gasteiger partial charge is 0.216 e. The van der Waals surface area contributed by atoms with Crippen molar-refractivity contribution in [3.8, 4) is 5.88 Å². The standard InChI is InChI=1S/C22H18FN5O/c1-24-18-10-19-16(12-26-22(19)27-13-18)9-15-5-7-17(28-21(15)23)6-3-14-4-8-20(29-2)25-11-14/h4-5,7-8,10-13H,3,6,9H2,2H3,(H,26,27). The van der Waals surface area contributed by atoms with Crippen LogP contribution in [-0.2, 0) is 19.3 Å². The van der Waals surface area contributed by atoms with Gasteiger partial charge in [0, 0.05) is 47.7 Å². The summed E-state index contributed by atoms with van der Waals surface area (Å²) in [7, 11) is 1.58. The summed E-state index contributed by atoms with van der Waals surface area (Å²) in [6.45, 7) is 7.14. The van der Waals surface area contributed by atoms with E-state index in [1.54, 1.807) is 31.6 Å². The summed E-state index contributed by atoms with van der Waals surface area (Å²) >= 11 is 0. The van der Waals surface area contributed by atoms with Crippen LogP contribution in [0.25, 0.3) is 15.9 Å². The number of H-pyrrole nitrogens is 1. The number of halogens is 1. The third-order valence-corrected chi connectivity index (χ3v) is 4.77. The first-order valence-corrected chi connectivity index (χ1v) is 9.13. The lowest BCUT2D eigenvalue weighted by Gasteiger charge is -2.06. The zero-order valence-corrected chi connectivity index (χ0v) is 15.8. The van der Waals surface area contributed by atoms with Gasteiger partial charge in [0.2, 0.25) is 17.5 Å². The number of nitrogens with one attached hydrogen (secondary N) is 1. The topological polar surface area (TPSA) is 68.0 Å². The maximum atomic E-state index is 14.6. The van der Waals surface area contributed by atoms with E-state index < -0.39 is 5.95 Å². The van der Waals surface area contributed by atoms with E-state index in [1.165, 1.54) is 6.20 Å². The van der Waals surface area contributed by atoms with E-state index in [-0.39, 0.29) is 0 Å². The lowest BCUT2D eigenvalue weighted by Crippen LogP contribution is -2.01.